The number of ether oxygens (including phenoxy) is 4. The first-order valence-corrected chi connectivity index (χ1v) is 30.0. The Bertz CT molecular complexity index is 3200. The van der Waals surface area contributed by atoms with Gasteiger partial charge in [0.25, 0.3) is 11.8 Å². The maximum absolute atomic E-state index is 14.0. The number of rotatable bonds is 24. The average Bonchev–Trinajstić information content (AvgIpc) is 2.72. The molecule has 0 aliphatic carbocycles. The van der Waals surface area contributed by atoms with Crippen molar-refractivity contribution in [3.8, 4) is 23.0 Å². The molecular formula is C68H84F2N8O7. The first-order valence-electron chi connectivity index (χ1n) is 30.0. The fourth-order valence-corrected chi connectivity index (χ4v) is 12.4. The number of halogens is 2. The molecule has 0 saturated carbocycles. The average molecular weight is 1160 g/mol. The fraction of sp³-hybridized carbons (Fsp3) is 0.426. The van der Waals surface area contributed by atoms with Crippen LogP contribution in [0, 0.1) is 11.6 Å². The number of nitrogens with one attached hydrogen (secondary N) is 1. The number of benzene rings is 6. The second-order valence-corrected chi connectivity index (χ2v) is 22.2. The molecule has 2 saturated heterocycles. The zero-order chi connectivity index (χ0) is 60.0. The summed E-state index contributed by atoms with van der Waals surface area (Å²) in [6.45, 7) is 19.4. The Labute approximate surface area is 501 Å². The fourth-order valence-electron chi connectivity index (χ4n) is 12.4. The molecule has 2 atom stereocenters. The maximum Gasteiger partial charge on any atom is 0.255 e. The molecule has 0 bridgehead atoms. The van der Waals surface area contributed by atoms with Crippen LogP contribution in [0.5, 0.6) is 23.0 Å². The molecule has 0 spiro atoms. The molecule has 6 aromatic rings. The van der Waals surface area contributed by atoms with Gasteiger partial charge in [0.05, 0.1) is 40.5 Å². The van der Waals surface area contributed by atoms with Crippen LogP contribution < -0.4 is 34.1 Å². The summed E-state index contributed by atoms with van der Waals surface area (Å²) in [6.07, 6.45) is 2.97. The van der Waals surface area contributed by atoms with Crippen LogP contribution in [-0.2, 0) is 31.0 Å². The summed E-state index contributed by atoms with van der Waals surface area (Å²) in [6, 6.07) is 36.5. The van der Waals surface area contributed by atoms with Gasteiger partial charge in [0, 0.05) is 126 Å². The second kappa shape index (κ2) is 29.4. The summed E-state index contributed by atoms with van der Waals surface area (Å²) < 4.78 is 48.9. The van der Waals surface area contributed by atoms with Crippen molar-refractivity contribution in [2.24, 2.45) is 0 Å². The Kier molecular flexibility index (Phi) is 21.4. The van der Waals surface area contributed by atoms with E-state index in [0.29, 0.717) is 68.6 Å². The number of hydrogen-bond donors (Lipinski definition) is 1. The minimum absolute atomic E-state index is 0.0172. The van der Waals surface area contributed by atoms with Crippen LogP contribution in [0.2, 0.25) is 0 Å². The van der Waals surface area contributed by atoms with Gasteiger partial charge in [-0.3, -0.25) is 14.4 Å². The van der Waals surface area contributed by atoms with Crippen LogP contribution in [0.4, 0.5) is 20.2 Å². The van der Waals surface area contributed by atoms with Gasteiger partial charge in [-0.05, 0) is 140 Å². The molecule has 15 nitrogen and oxygen atoms in total. The number of likely N-dealkylation sites (N-methyl/N-ethyl adjacent to an activating group) is 2. The van der Waals surface area contributed by atoms with Crippen molar-refractivity contribution in [1.82, 2.24) is 29.8 Å². The first-order chi connectivity index (χ1) is 41.3. The normalized spacial score (nSPS) is 15.9. The third kappa shape index (κ3) is 14.9. The van der Waals surface area contributed by atoms with Crippen molar-refractivity contribution < 1.29 is 42.1 Å². The summed E-state index contributed by atoms with van der Waals surface area (Å²) in [4.78, 5) is 56.0. The highest BCUT2D eigenvalue weighted by Gasteiger charge is 2.38. The Balaban J connectivity index is 0.000000204. The first kappa shape index (κ1) is 61.8. The van der Waals surface area contributed by atoms with E-state index in [1.54, 1.807) is 64.5 Å². The molecule has 0 radical (unpaired) electrons. The number of piperazine rings is 2. The lowest BCUT2D eigenvalue weighted by Gasteiger charge is -2.36. The summed E-state index contributed by atoms with van der Waals surface area (Å²) >= 11 is 0. The van der Waals surface area contributed by atoms with Gasteiger partial charge in [0.2, 0.25) is 5.91 Å². The zero-order valence-electron chi connectivity index (χ0n) is 50.6. The highest BCUT2D eigenvalue weighted by molar-refractivity contribution is 6.01. The second-order valence-electron chi connectivity index (χ2n) is 22.2. The molecule has 0 unspecified atom stereocenters. The molecule has 3 amide bonds. The van der Waals surface area contributed by atoms with E-state index in [9.17, 15) is 23.2 Å². The molecule has 1 N–H and O–H groups in total. The molecule has 4 aliphatic heterocycles. The van der Waals surface area contributed by atoms with Gasteiger partial charge in [0.1, 0.15) is 11.6 Å². The highest BCUT2D eigenvalue weighted by Crippen LogP contribution is 2.43. The number of carbonyl (C=O) groups excluding carboxylic acids is 3. The van der Waals surface area contributed by atoms with Crippen molar-refractivity contribution in [1.29, 1.82) is 0 Å². The van der Waals surface area contributed by atoms with Crippen molar-refractivity contribution >= 4 is 29.1 Å². The van der Waals surface area contributed by atoms with Crippen LogP contribution >= 0.6 is 0 Å². The van der Waals surface area contributed by atoms with Crippen LogP contribution in [0.3, 0.4) is 0 Å². The smallest absolute Gasteiger partial charge is 0.255 e. The monoisotopic (exact) mass is 1160 g/mol. The van der Waals surface area contributed by atoms with Crippen molar-refractivity contribution in [3.05, 3.63) is 177 Å². The number of methoxy groups -OCH3 is 4. The summed E-state index contributed by atoms with van der Waals surface area (Å²) in [5.41, 5.74) is 9.99. The molecule has 2 fully saturated rings. The minimum Gasteiger partial charge on any atom is -0.493 e. The zero-order valence-corrected chi connectivity index (χ0v) is 50.6. The summed E-state index contributed by atoms with van der Waals surface area (Å²) in [7, 11) is 6.48. The van der Waals surface area contributed by atoms with Gasteiger partial charge in [-0.25, -0.2) is 8.78 Å². The Morgan fingerprint density at radius 1 is 0.553 bits per heavy atom. The third-order valence-corrected chi connectivity index (χ3v) is 17.3. The van der Waals surface area contributed by atoms with Gasteiger partial charge in [-0.1, -0.05) is 62.4 Å². The lowest BCUT2D eigenvalue weighted by Crippen LogP contribution is -2.46. The molecule has 6 aromatic carbocycles. The molecular weight excluding hydrogens is 1080 g/mol. The lowest BCUT2D eigenvalue weighted by molar-refractivity contribution is -0.129. The molecule has 452 valence electrons. The van der Waals surface area contributed by atoms with Gasteiger partial charge in [-0.15, -0.1) is 0 Å². The molecule has 4 aliphatic rings. The lowest BCUT2D eigenvalue weighted by atomic mass is 9.99. The highest BCUT2D eigenvalue weighted by atomic mass is 19.1. The molecule has 85 heavy (non-hydrogen) atoms. The predicted molar refractivity (Wildman–Crippen MR) is 330 cm³/mol. The van der Waals surface area contributed by atoms with Crippen LogP contribution in [0.25, 0.3) is 0 Å². The quantitative estimate of drug-likeness (QED) is 0.0581. The van der Waals surface area contributed by atoms with E-state index in [-0.39, 0.29) is 41.4 Å². The molecule has 10 rings (SSSR count). The van der Waals surface area contributed by atoms with E-state index < -0.39 is 0 Å². The standard InChI is InChI=1S/C35H43FN4O4.C33H41FN4O3/c1-5-37-18-20-38(21-19-37)32-9-6-8-29-30(32)24-40(35(29)42)31(27-13-16-33(43-3)34(22-27)44-4)10-7-17-39(25(2)41)23-26-11-14-28(36)15-12-26;1-4-36-17-19-37(20-18-36)30-8-5-7-27-28(30)23-38(33(27)39)29(25-12-15-31(40-2)32(21-25)41-3)9-6-16-35-22-24-10-13-26(34)14-11-24/h6,8-9,11-16,22,31H,5,7,10,17-21,23-24H2,1-4H3;5,7-8,10-15,21,29,35H,4,6,9,16-20,22-23H2,1-3H3/t31-;29-/m11/s1. The van der Waals surface area contributed by atoms with E-state index in [0.717, 1.165) is 135 Å². The van der Waals surface area contributed by atoms with E-state index in [2.05, 4.69) is 50.9 Å². The van der Waals surface area contributed by atoms with Crippen molar-refractivity contribution in [2.75, 3.05) is 117 Å². The number of amides is 3. The largest absolute Gasteiger partial charge is 0.493 e. The SMILES string of the molecule is CCN1CCN(c2cccc3c2CN([C@H](CCCN(Cc2ccc(F)cc2)C(C)=O)c2ccc(OC)c(OC)c2)C3=O)CC1.CCN1CCN(c2cccc3c2CN([C@H](CCCNCc2ccc(F)cc2)c2ccc(OC)c(OC)c2)C3=O)CC1. The van der Waals surface area contributed by atoms with Gasteiger partial charge in [-0.2, -0.15) is 0 Å². The van der Waals surface area contributed by atoms with E-state index >= 15 is 0 Å². The minimum atomic E-state index is -0.302. The van der Waals surface area contributed by atoms with Crippen molar-refractivity contribution in [3.63, 3.8) is 0 Å². The van der Waals surface area contributed by atoms with Crippen LogP contribution in [0.15, 0.2) is 121 Å². The van der Waals surface area contributed by atoms with E-state index in [4.69, 9.17) is 18.9 Å². The Morgan fingerprint density at radius 3 is 1.41 bits per heavy atom. The number of fused-ring (bicyclic) bond motifs is 2. The molecule has 0 aromatic heterocycles. The van der Waals surface area contributed by atoms with Gasteiger partial charge in [0.15, 0.2) is 23.0 Å². The van der Waals surface area contributed by atoms with Crippen molar-refractivity contribution in [2.45, 2.75) is 84.7 Å². The summed E-state index contributed by atoms with van der Waals surface area (Å²) in [5.74, 6) is 2.07. The third-order valence-electron chi connectivity index (χ3n) is 17.3. The van der Waals surface area contributed by atoms with Crippen LogP contribution in [0.1, 0.15) is 113 Å². The number of carbonyl (C=O) groups is 3. The number of anilines is 2. The topological polar surface area (TPSA) is 123 Å². The molecule has 17 heteroatoms. The number of hydrogen-bond acceptors (Lipinski definition) is 12. The Morgan fingerprint density at radius 2 is 0.988 bits per heavy atom. The Hall–Kier alpha value is -7.73. The van der Waals surface area contributed by atoms with Crippen LogP contribution in [-0.4, -0.2) is 149 Å². The van der Waals surface area contributed by atoms with Gasteiger partial charge < -0.3 is 58.6 Å². The summed E-state index contributed by atoms with van der Waals surface area (Å²) in [5, 5.41) is 3.47. The number of nitrogens with zero attached hydrogens (tertiary/aromatic N) is 7. The molecule has 4 heterocycles. The maximum atomic E-state index is 14.0. The predicted octanol–water partition coefficient (Wildman–Crippen LogP) is 10.8. The van der Waals surface area contributed by atoms with E-state index in [1.165, 1.54) is 30.0 Å². The van der Waals surface area contributed by atoms with E-state index in [1.807, 2.05) is 70.5 Å². The van der Waals surface area contributed by atoms with Gasteiger partial charge >= 0.3 is 0 Å².